The van der Waals surface area contributed by atoms with Crippen LogP contribution in [0, 0.1) is 0 Å². The molecule has 0 saturated carbocycles. The SMILES string of the molecule is Clc1ccc(-c2nnc(Sc3cncc(Cl)n3)n2-c2ccccc2)c(Cl)c1. The van der Waals surface area contributed by atoms with E-state index in [-0.39, 0.29) is 0 Å². The highest BCUT2D eigenvalue weighted by Crippen LogP contribution is 2.35. The van der Waals surface area contributed by atoms with Crippen molar-refractivity contribution in [3.63, 3.8) is 0 Å². The quantitative estimate of drug-likeness (QED) is 0.404. The van der Waals surface area contributed by atoms with Crippen molar-refractivity contribution in [3.05, 3.63) is 76.1 Å². The van der Waals surface area contributed by atoms with Crippen molar-refractivity contribution in [3.8, 4) is 17.1 Å². The summed E-state index contributed by atoms with van der Waals surface area (Å²) < 4.78 is 1.91. The van der Waals surface area contributed by atoms with Crippen LogP contribution in [0.3, 0.4) is 0 Å². The molecule has 0 radical (unpaired) electrons. The van der Waals surface area contributed by atoms with Gasteiger partial charge in [0.2, 0.25) is 5.16 Å². The van der Waals surface area contributed by atoms with Crippen LogP contribution < -0.4 is 0 Å². The van der Waals surface area contributed by atoms with Crippen LogP contribution >= 0.6 is 46.6 Å². The zero-order chi connectivity index (χ0) is 18.8. The van der Waals surface area contributed by atoms with Crippen LogP contribution in [0.2, 0.25) is 15.2 Å². The Morgan fingerprint density at radius 3 is 2.44 bits per heavy atom. The Balaban J connectivity index is 1.86. The molecule has 0 spiro atoms. The fourth-order valence-electron chi connectivity index (χ4n) is 2.46. The second-order valence-electron chi connectivity index (χ2n) is 5.38. The second-order valence-corrected chi connectivity index (χ2v) is 7.60. The molecule has 0 aliphatic heterocycles. The number of aromatic nitrogens is 5. The molecule has 0 aliphatic rings. The van der Waals surface area contributed by atoms with Crippen molar-refractivity contribution in [1.29, 1.82) is 0 Å². The topological polar surface area (TPSA) is 56.5 Å². The lowest BCUT2D eigenvalue weighted by atomic mass is 10.2. The van der Waals surface area contributed by atoms with Gasteiger partial charge in [0.25, 0.3) is 0 Å². The summed E-state index contributed by atoms with van der Waals surface area (Å²) >= 11 is 19.7. The first-order valence-electron chi connectivity index (χ1n) is 7.73. The van der Waals surface area contributed by atoms with Crippen LogP contribution in [-0.4, -0.2) is 24.7 Å². The summed E-state index contributed by atoms with van der Waals surface area (Å²) in [7, 11) is 0. The summed E-state index contributed by atoms with van der Waals surface area (Å²) in [4.78, 5) is 8.32. The van der Waals surface area contributed by atoms with Gasteiger partial charge in [0.05, 0.1) is 17.4 Å². The van der Waals surface area contributed by atoms with Crippen molar-refractivity contribution in [2.24, 2.45) is 0 Å². The summed E-state index contributed by atoms with van der Waals surface area (Å²) in [5, 5.41) is 11.3. The number of halogens is 3. The molecule has 0 N–H and O–H groups in total. The van der Waals surface area contributed by atoms with Gasteiger partial charge in [-0.3, -0.25) is 9.55 Å². The lowest BCUT2D eigenvalue weighted by Gasteiger charge is -2.11. The molecule has 27 heavy (non-hydrogen) atoms. The van der Waals surface area contributed by atoms with Crippen LogP contribution in [0.15, 0.2) is 71.1 Å². The van der Waals surface area contributed by atoms with Gasteiger partial charge < -0.3 is 0 Å². The maximum atomic E-state index is 6.40. The van der Waals surface area contributed by atoms with E-state index in [1.807, 2.05) is 41.0 Å². The Labute approximate surface area is 174 Å². The van der Waals surface area contributed by atoms with Gasteiger partial charge in [-0.05, 0) is 42.1 Å². The fraction of sp³-hybridized carbons (Fsp3) is 0. The van der Waals surface area contributed by atoms with E-state index in [4.69, 9.17) is 34.8 Å². The Hall–Kier alpha value is -2.12. The number of benzene rings is 2. The van der Waals surface area contributed by atoms with Gasteiger partial charge in [0.1, 0.15) is 10.2 Å². The van der Waals surface area contributed by atoms with Gasteiger partial charge in [-0.1, -0.05) is 53.0 Å². The maximum absolute atomic E-state index is 6.40. The minimum Gasteiger partial charge on any atom is -0.270 e. The number of nitrogens with zero attached hydrogens (tertiary/aromatic N) is 5. The van der Waals surface area contributed by atoms with E-state index in [0.29, 0.717) is 31.2 Å². The summed E-state index contributed by atoms with van der Waals surface area (Å²) in [6, 6.07) is 15.0. The summed E-state index contributed by atoms with van der Waals surface area (Å²) in [6.45, 7) is 0. The van der Waals surface area contributed by atoms with E-state index in [2.05, 4.69) is 20.2 Å². The first-order valence-corrected chi connectivity index (χ1v) is 9.68. The van der Waals surface area contributed by atoms with Crippen LogP contribution in [0.5, 0.6) is 0 Å². The van der Waals surface area contributed by atoms with Crippen molar-refractivity contribution in [2.45, 2.75) is 10.2 Å². The molecule has 2 aromatic carbocycles. The monoisotopic (exact) mass is 433 g/mol. The molecule has 2 heterocycles. The zero-order valence-corrected chi connectivity index (χ0v) is 16.6. The molecule has 0 unspecified atom stereocenters. The van der Waals surface area contributed by atoms with E-state index in [0.717, 1.165) is 11.3 Å². The molecule has 0 fully saturated rings. The first-order chi connectivity index (χ1) is 13.1. The molecule has 4 rings (SSSR count). The van der Waals surface area contributed by atoms with Crippen LogP contribution in [-0.2, 0) is 0 Å². The van der Waals surface area contributed by atoms with Gasteiger partial charge in [-0.25, -0.2) is 4.98 Å². The smallest absolute Gasteiger partial charge is 0.202 e. The van der Waals surface area contributed by atoms with E-state index in [9.17, 15) is 0 Å². The van der Waals surface area contributed by atoms with Crippen molar-refractivity contribution in [2.75, 3.05) is 0 Å². The Morgan fingerprint density at radius 2 is 1.70 bits per heavy atom. The van der Waals surface area contributed by atoms with Crippen molar-refractivity contribution >= 4 is 46.6 Å². The van der Waals surface area contributed by atoms with Gasteiger partial charge in [0, 0.05) is 16.3 Å². The standard InChI is InChI=1S/C18H10Cl3N5S/c19-11-6-7-13(14(20)8-11)17-24-25-18(26(17)12-4-2-1-3-5-12)27-16-10-22-9-15(21)23-16/h1-10H. The highest BCUT2D eigenvalue weighted by Gasteiger charge is 2.19. The van der Waals surface area contributed by atoms with E-state index < -0.39 is 0 Å². The third-order valence-electron chi connectivity index (χ3n) is 3.60. The second kappa shape index (κ2) is 7.86. The number of hydrogen-bond donors (Lipinski definition) is 0. The third kappa shape index (κ3) is 3.94. The molecular formula is C18H10Cl3N5S. The third-order valence-corrected chi connectivity index (χ3v) is 5.18. The Bertz CT molecular complexity index is 1100. The molecular weight excluding hydrogens is 425 g/mol. The molecule has 0 saturated heterocycles. The lowest BCUT2D eigenvalue weighted by Crippen LogP contribution is -2.00. The Morgan fingerprint density at radius 1 is 0.889 bits per heavy atom. The van der Waals surface area contributed by atoms with Crippen molar-refractivity contribution < 1.29 is 0 Å². The van der Waals surface area contributed by atoms with Crippen LogP contribution in [0.1, 0.15) is 0 Å². The van der Waals surface area contributed by atoms with Crippen molar-refractivity contribution in [1.82, 2.24) is 24.7 Å². The van der Waals surface area contributed by atoms with Gasteiger partial charge in [0.15, 0.2) is 5.82 Å². The van der Waals surface area contributed by atoms with Crippen LogP contribution in [0.25, 0.3) is 17.1 Å². The fourth-order valence-corrected chi connectivity index (χ4v) is 3.96. The average Bonchev–Trinajstić information content (AvgIpc) is 3.05. The largest absolute Gasteiger partial charge is 0.270 e. The molecule has 5 nitrogen and oxygen atoms in total. The minimum absolute atomic E-state index is 0.312. The highest BCUT2D eigenvalue weighted by atomic mass is 35.5. The Kier molecular flexibility index (Phi) is 5.31. The molecule has 9 heteroatoms. The van der Waals surface area contributed by atoms with E-state index >= 15 is 0 Å². The molecule has 4 aromatic rings. The molecule has 134 valence electrons. The predicted octanol–water partition coefficient (Wildman–Crippen LogP) is 5.84. The first kappa shape index (κ1) is 18.3. The molecule has 0 atom stereocenters. The molecule has 0 amide bonds. The van der Waals surface area contributed by atoms with Gasteiger partial charge >= 0.3 is 0 Å². The highest BCUT2D eigenvalue weighted by molar-refractivity contribution is 7.99. The van der Waals surface area contributed by atoms with Gasteiger partial charge in [-0.15, -0.1) is 10.2 Å². The van der Waals surface area contributed by atoms with E-state index in [1.54, 1.807) is 18.3 Å². The number of rotatable bonds is 4. The summed E-state index contributed by atoms with van der Waals surface area (Å²) in [5.41, 5.74) is 1.61. The zero-order valence-electron chi connectivity index (χ0n) is 13.6. The van der Waals surface area contributed by atoms with Crippen LogP contribution in [0.4, 0.5) is 0 Å². The minimum atomic E-state index is 0.312. The number of hydrogen-bond acceptors (Lipinski definition) is 5. The molecule has 0 bridgehead atoms. The predicted molar refractivity (Wildman–Crippen MR) is 108 cm³/mol. The molecule has 0 aliphatic carbocycles. The number of para-hydroxylation sites is 1. The summed E-state index contributed by atoms with van der Waals surface area (Å²) in [6.07, 6.45) is 3.10. The van der Waals surface area contributed by atoms with E-state index in [1.165, 1.54) is 18.0 Å². The lowest BCUT2D eigenvalue weighted by molar-refractivity contribution is 0.881. The van der Waals surface area contributed by atoms with Gasteiger partial charge in [-0.2, -0.15) is 0 Å². The summed E-state index contributed by atoms with van der Waals surface area (Å²) in [5.74, 6) is 0.598. The molecule has 2 aromatic heterocycles. The average molecular weight is 435 g/mol. The maximum Gasteiger partial charge on any atom is 0.202 e. The normalized spacial score (nSPS) is 10.9.